The summed E-state index contributed by atoms with van der Waals surface area (Å²) in [4.78, 5) is 26.0. The highest BCUT2D eigenvalue weighted by Gasteiger charge is 2.11. The smallest absolute Gasteiger partial charge is 0.328 e. The van der Waals surface area contributed by atoms with Crippen LogP contribution in [0.15, 0.2) is 60.8 Å². The summed E-state index contributed by atoms with van der Waals surface area (Å²) in [5.41, 5.74) is 2.39. The van der Waals surface area contributed by atoms with E-state index in [2.05, 4.69) is 51.6 Å². The monoisotopic (exact) mass is 355 g/mol. The molecule has 1 aromatic carbocycles. The number of hydrogen-bond donors (Lipinski definition) is 3. The normalized spacial score (nSPS) is 13.8. The van der Waals surface area contributed by atoms with Gasteiger partial charge >= 0.3 is 11.9 Å². The third kappa shape index (κ3) is 6.37. The van der Waals surface area contributed by atoms with Gasteiger partial charge in [0.25, 0.3) is 0 Å². The van der Waals surface area contributed by atoms with Crippen molar-refractivity contribution in [1.82, 2.24) is 10.3 Å². The number of carboxylic acids is 2. The molecule has 1 aromatic heterocycles. The van der Waals surface area contributed by atoms with E-state index in [1.807, 2.05) is 12.3 Å². The lowest BCUT2D eigenvalue weighted by Gasteiger charge is -2.28. The van der Waals surface area contributed by atoms with Gasteiger partial charge in [0.15, 0.2) is 0 Å². The number of nitrogens with one attached hydrogen (secondary N) is 1. The van der Waals surface area contributed by atoms with Crippen LogP contribution in [0.5, 0.6) is 0 Å². The van der Waals surface area contributed by atoms with E-state index in [0.29, 0.717) is 12.2 Å². The van der Waals surface area contributed by atoms with E-state index < -0.39 is 11.9 Å². The van der Waals surface area contributed by atoms with Crippen LogP contribution in [-0.4, -0.2) is 53.3 Å². The van der Waals surface area contributed by atoms with Gasteiger partial charge < -0.3 is 20.4 Å². The number of nitrogens with zero attached hydrogens (tertiary/aromatic N) is 2. The number of piperazine rings is 1. The highest BCUT2D eigenvalue weighted by Crippen LogP contribution is 2.20. The van der Waals surface area contributed by atoms with Gasteiger partial charge in [-0.2, -0.15) is 0 Å². The Bertz CT molecular complexity index is 723. The second-order valence-electron chi connectivity index (χ2n) is 5.52. The molecule has 7 heteroatoms. The van der Waals surface area contributed by atoms with E-state index in [1.54, 1.807) is 0 Å². The molecule has 3 rings (SSSR count). The molecular formula is C19H21N3O4. The van der Waals surface area contributed by atoms with Crippen LogP contribution in [0.25, 0.3) is 11.1 Å². The lowest BCUT2D eigenvalue weighted by molar-refractivity contribution is -0.134. The maximum Gasteiger partial charge on any atom is 0.328 e. The molecule has 0 radical (unpaired) electrons. The Labute approximate surface area is 151 Å². The van der Waals surface area contributed by atoms with Crippen molar-refractivity contribution < 1.29 is 19.8 Å². The van der Waals surface area contributed by atoms with Crippen molar-refractivity contribution in [1.29, 1.82) is 0 Å². The van der Waals surface area contributed by atoms with Crippen LogP contribution in [0.2, 0.25) is 0 Å². The van der Waals surface area contributed by atoms with Crippen molar-refractivity contribution in [2.75, 3.05) is 31.1 Å². The van der Waals surface area contributed by atoms with E-state index in [1.165, 1.54) is 11.1 Å². The van der Waals surface area contributed by atoms with Crippen LogP contribution >= 0.6 is 0 Å². The number of anilines is 1. The molecule has 1 fully saturated rings. The molecule has 3 N–H and O–H groups in total. The number of aromatic nitrogens is 1. The molecule has 0 bridgehead atoms. The van der Waals surface area contributed by atoms with Gasteiger partial charge in [-0.1, -0.05) is 30.3 Å². The number of carboxylic acid groups (broad SMARTS) is 2. The van der Waals surface area contributed by atoms with Gasteiger partial charge in [0.1, 0.15) is 5.82 Å². The fourth-order valence-electron chi connectivity index (χ4n) is 2.41. The maximum atomic E-state index is 9.55. The van der Waals surface area contributed by atoms with Crippen LogP contribution < -0.4 is 10.2 Å². The Kier molecular flexibility index (Phi) is 7.32. The summed E-state index contributed by atoms with van der Waals surface area (Å²) in [5.74, 6) is -1.43. The van der Waals surface area contributed by atoms with Crippen LogP contribution in [0.1, 0.15) is 0 Å². The molecule has 1 aliphatic rings. The van der Waals surface area contributed by atoms with Gasteiger partial charge in [-0.05, 0) is 17.7 Å². The summed E-state index contributed by atoms with van der Waals surface area (Å²) in [6, 6.07) is 14.6. The van der Waals surface area contributed by atoms with Crippen molar-refractivity contribution in [3.63, 3.8) is 0 Å². The van der Waals surface area contributed by atoms with Crippen molar-refractivity contribution in [3.05, 3.63) is 60.8 Å². The average Bonchev–Trinajstić information content (AvgIpc) is 2.68. The molecule has 136 valence electrons. The van der Waals surface area contributed by atoms with Gasteiger partial charge in [-0.3, -0.25) is 0 Å². The minimum atomic E-state index is -1.26. The molecule has 0 amide bonds. The third-order valence-corrected chi connectivity index (χ3v) is 3.66. The molecule has 0 saturated carbocycles. The highest BCUT2D eigenvalue weighted by molar-refractivity contribution is 5.89. The molecule has 2 aromatic rings. The number of aliphatic carboxylic acids is 2. The summed E-state index contributed by atoms with van der Waals surface area (Å²) < 4.78 is 0. The van der Waals surface area contributed by atoms with Crippen molar-refractivity contribution in [2.45, 2.75) is 0 Å². The summed E-state index contributed by atoms with van der Waals surface area (Å²) in [6.07, 6.45) is 3.08. The van der Waals surface area contributed by atoms with Crippen LogP contribution in [-0.2, 0) is 9.59 Å². The number of rotatable bonds is 4. The summed E-state index contributed by atoms with van der Waals surface area (Å²) >= 11 is 0. The largest absolute Gasteiger partial charge is 0.478 e. The Hall–Kier alpha value is -3.19. The summed E-state index contributed by atoms with van der Waals surface area (Å²) in [7, 11) is 0. The SMILES string of the molecule is O=C(O)C=CC(=O)O.c1ccc(-c2ccc(N3CCNCC3)nc2)cc1. The Morgan fingerprint density at radius 3 is 2.04 bits per heavy atom. The lowest BCUT2D eigenvalue weighted by atomic mass is 10.1. The first-order valence-corrected chi connectivity index (χ1v) is 8.17. The Balaban J connectivity index is 0.000000260. The van der Waals surface area contributed by atoms with Crippen molar-refractivity contribution >= 4 is 17.8 Å². The highest BCUT2D eigenvalue weighted by atomic mass is 16.4. The minimum absolute atomic E-state index is 0.558. The van der Waals surface area contributed by atoms with Gasteiger partial charge in [-0.25, -0.2) is 14.6 Å². The average molecular weight is 355 g/mol. The molecule has 1 aliphatic heterocycles. The Morgan fingerprint density at radius 1 is 0.923 bits per heavy atom. The first-order valence-electron chi connectivity index (χ1n) is 8.17. The first kappa shape index (κ1) is 19.1. The van der Waals surface area contributed by atoms with Crippen molar-refractivity contribution in [2.24, 2.45) is 0 Å². The van der Waals surface area contributed by atoms with Crippen LogP contribution in [0.3, 0.4) is 0 Å². The zero-order valence-electron chi connectivity index (χ0n) is 14.2. The second-order valence-corrected chi connectivity index (χ2v) is 5.52. The van der Waals surface area contributed by atoms with E-state index in [4.69, 9.17) is 10.2 Å². The standard InChI is InChI=1S/C15H17N3.C4H4O4/c1-2-4-13(5-3-1)14-6-7-15(17-12-14)18-10-8-16-9-11-18;5-3(6)1-2-4(7)8/h1-7,12,16H,8-11H2;1-2H,(H,5,6)(H,7,8). The number of pyridine rings is 1. The fraction of sp³-hybridized carbons (Fsp3) is 0.211. The molecule has 2 heterocycles. The molecule has 7 nitrogen and oxygen atoms in total. The van der Waals surface area contributed by atoms with E-state index in [0.717, 1.165) is 32.0 Å². The fourth-order valence-corrected chi connectivity index (χ4v) is 2.41. The maximum absolute atomic E-state index is 9.55. The number of carbonyl (C=O) groups is 2. The third-order valence-electron chi connectivity index (χ3n) is 3.66. The Morgan fingerprint density at radius 2 is 1.54 bits per heavy atom. The van der Waals surface area contributed by atoms with Gasteiger partial charge in [0, 0.05) is 50.1 Å². The van der Waals surface area contributed by atoms with Gasteiger partial charge in [0.2, 0.25) is 0 Å². The molecule has 1 saturated heterocycles. The molecule has 0 aliphatic carbocycles. The predicted octanol–water partition coefficient (Wildman–Crippen LogP) is 1.87. The molecule has 26 heavy (non-hydrogen) atoms. The van der Waals surface area contributed by atoms with Gasteiger partial charge in [0.05, 0.1) is 0 Å². The zero-order chi connectivity index (χ0) is 18.8. The molecular weight excluding hydrogens is 334 g/mol. The second kappa shape index (κ2) is 9.95. The number of benzene rings is 1. The van der Waals surface area contributed by atoms with Crippen LogP contribution in [0.4, 0.5) is 5.82 Å². The van der Waals surface area contributed by atoms with E-state index >= 15 is 0 Å². The summed E-state index contributed by atoms with van der Waals surface area (Å²) in [6.45, 7) is 4.17. The van der Waals surface area contributed by atoms with Crippen LogP contribution in [0, 0.1) is 0 Å². The predicted molar refractivity (Wildman–Crippen MR) is 99.2 cm³/mol. The summed E-state index contributed by atoms with van der Waals surface area (Å²) in [5, 5.41) is 19.0. The van der Waals surface area contributed by atoms with Crippen molar-refractivity contribution in [3.8, 4) is 11.1 Å². The quantitative estimate of drug-likeness (QED) is 0.720. The van der Waals surface area contributed by atoms with E-state index in [-0.39, 0.29) is 0 Å². The molecule has 0 spiro atoms. The topological polar surface area (TPSA) is 103 Å². The first-order chi connectivity index (χ1) is 12.6. The van der Waals surface area contributed by atoms with E-state index in [9.17, 15) is 9.59 Å². The molecule has 0 unspecified atom stereocenters. The number of hydrogen-bond acceptors (Lipinski definition) is 5. The minimum Gasteiger partial charge on any atom is -0.478 e. The zero-order valence-corrected chi connectivity index (χ0v) is 14.2. The van der Waals surface area contributed by atoms with Gasteiger partial charge in [-0.15, -0.1) is 0 Å². The molecule has 0 atom stereocenters. The lowest BCUT2D eigenvalue weighted by Crippen LogP contribution is -2.43.